The van der Waals surface area contributed by atoms with Gasteiger partial charge in [0.25, 0.3) is 9.24 Å². The van der Waals surface area contributed by atoms with Crippen molar-refractivity contribution in [3.63, 3.8) is 0 Å². The molecular formula is C6H14ClNO2S. The molecule has 0 spiro atoms. The maximum absolute atomic E-state index is 10.4. The lowest BCUT2D eigenvalue weighted by atomic mass is 9.99. The van der Waals surface area contributed by atoms with Gasteiger partial charge >= 0.3 is 0 Å². The molecule has 1 N–H and O–H groups in total. The average molecular weight is 200 g/mol. The fourth-order valence-electron chi connectivity index (χ4n) is 0.467. The minimum absolute atomic E-state index is 0.309. The monoisotopic (exact) mass is 199 g/mol. The second-order valence-corrected chi connectivity index (χ2v) is 5.39. The number of rotatable bonds is 4. The fraction of sp³-hybridized carbons (Fsp3) is 1.00. The number of hydrogen-bond acceptors (Lipinski definition) is 2. The molecule has 0 bridgehead atoms. The molecular weight excluding hydrogens is 186 g/mol. The lowest BCUT2D eigenvalue weighted by Crippen LogP contribution is -2.26. The molecule has 1 unspecified atom stereocenters. The van der Waals surface area contributed by atoms with Crippen molar-refractivity contribution in [2.45, 2.75) is 20.8 Å². The van der Waals surface area contributed by atoms with Gasteiger partial charge in [-0.25, -0.2) is 4.72 Å². The van der Waals surface area contributed by atoms with E-state index in [2.05, 4.69) is 4.72 Å². The third-order valence-corrected chi connectivity index (χ3v) is 2.55. The summed E-state index contributed by atoms with van der Waals surface area (Å²) in [5, 5.41) is 0. The first-order chi connectivity index (χ1) is 4.83. The molecule has 0 amide bonds. The van der Waals surface area contributed by atoms with E-state index in [0.29, 0.717) is 18.4 Å². The Morgan fingerprint density at radius 3 is 2.09 bits per heavy atom. The highest BCUT2D eigenvalue weighted by Crippen LogP contribution is 2.08. The van der Waals surface area contributed by atoms with Crippen LogP contribution in [0, 0.1) is 11.8 Å². The molecule has 1 atom stereocenters. The molecule has 0 radical (unpaired) electrons. The highest BCUT2D eigenvalue weighted by atomic mass is 35.7. The van der Waals surface area contributed by atoms with Crippen LogP contribution in [0.3, 0.4) is 0 Å². The zero-order valence-corrected chi connectivity index (χ0v) is 8.54. The second kappa shape index (κ2) is 4.28. The lowest BCUT2D eigenvalue weighted by molar-refractivity contribution is 0.416. The average Bonchev–Trinajstić information content (AvgIpc) is 1.80. The SMILES string of the molecule is CC(C)C(C)CNS(=O)(=O)Cl. The van der Waals surface area contributed by atoms with Crippen molar-refractivity contribution in [2.24, 2.45) is 11.8 Å². The first kappa shape index (κ1) is 11.2. The molecule has 0 heterocycles. The molecule has 0 fully saturated rings. The summed E-state index contributed by atoms with van der Waals surface area (Å²) in [6, 6.07) is 0. The second-order valence-electron chi connectivity index (χ2n) is 3.01. The fourth-order valence-corrected chi connectivity index (χ4v) is 1.12. The van der Waals surface area contributed by atoms with Crippen LogP contribution in [0.1, 0.15) is 20.8 Å². The number of nitrogens with one attached hydrogen (secondary N) is 1. The first-order valence-electron chi connectivity index (χ1n) is 3.52. The number of hydrogen-bond donors (Lipinski definition) is 1. The minimum Gasteiger partial charge on any atom is -0.202 e. The summed E-state index contributed by atoms with van der Waals surface area (Å²) in [5.74, 6) is 0.768. The largest absolute Gasteiger partial charge is 0.297 e. The van der Waals surface area contributed by atoms with Gasteiger partial charge in [-0.1, -0.05) is 20.8 Å². The zero-order chi connectivity index (χ0) is 9.07. The number of halogens is 1. The predicted octanol–water partition coefficient (Wildman–Crippen LogP) is 1.35. The molecule has 0 rings (SSSR count). The van der Waals surface area contributed by atoms with E-state index in [1.54, 1.807) is 0 Å². The van der Waals surface area contributed by atoms with Crippen molar-refractivity contribution in [3.8, 4) is 0 Å². The standard InChI is InChI=1S/C6H14ClNO2S/c1-5(2)6(3)4-8-11(7,9)10/h5-6,8H,4H2,1-3H3. The van der Waals surface area contributed by atoms with Crippen LogP contribution >= 0.6 is 10.7 Å². The van der Waals surface area contributed by atoms with Crippen molar-refractivity contribution in [3.05, 3.63) is 0 Å². The summed E-state index contributed by atoms with van der Waals surface area (Å²) >= 11 is 0. The summed E-state index contributed by atoms with van der Waals surface area (Å²) in [5.41, 5.74) is 0. The van der Waals surface area contributed by atoms with Gasteiger partial charge < -0.3 is 0 Å². The summed E-state index contributed by atoms with van der Waals surface area (Å²) in [4.78, 5) is 0. The van der Waals surface area contributed by atoms with Crippen LogP contribution < -0.4 is 4.72 Å². The Morgan fingerprint density at radius 1 is 1.36 bits per heavy atom. The van der Waals surface area contributed by atoms with E-state index in [1.807, 2.05) is 20.8 Å². The van der Waals surface area contributed by atoms with Gasteiger partial charge in [-0.05, 0) is 11.8 Å². The van der Waals surface area contributed by atoms with Crippen LogP contribution in [0.4, 0.5) is 0 Å². The molecule has 0 aliphatic rings. The molecule has 0 aromatic carbocycles. The zero-order valence-electron chi connectivity index (χ0n) is 6.96. The molecule has 0 aromatic heterocycles. The maximum Gasteiger partial charge on any atom is 0.297 e. The molecule has 0 saturated heterocycles. The van der Waals surface area contributed by atoms with Crippen molar-refractivity contribution in [1.82, 2.24) is 4.72 Å². The Kier molecular flexibility index (Phi) is 4.36. The molecule has 0 aliphatic heterocycles. The van der Waals surface area contributed by atoms with Crippen LogP contribution in [0.25, 0.3) is 0 Å². The summed E-state index contributed by atoms with van der Waals surface area (Å²) in [6.45, 7) is 6.45. The topological polar surface area (TPSA) is 46.2 Å². The molecule has 11 heavy (non-hydrogen) atoms. The Labute approximate surface area is 72.7 Å². The molecule has 3 nitrogen and oxygen atoms in total. The normalized spacial score (nSPS) is 15.4. The smallest absolute Gasteiger partial charge is 0.202 e. The molecule has 0 saturated carbocycles. The summed E-state index contributed by atoms with van der Waals surface area (Å²) in [6.07, 6.45) is 0. The first-order valence-corrected chi connectivity index (χ1v) is 5.83. The molecule has 68 valence electrons. The van der Waals surface area contributed by atoms with E-state index in [-0.39, 0.29) is 0 Å². The Bertz CT molecular complexity index is 201. The predicted molar refractivity (Wildman–Crippen MR) is 46.8 cm³/mol. The van der Waals surface area contributed by atoms with Gasteiger partial charge in [0.2, 0.25) is 0 Å². The van der Waals surface area contributed by atoms with Crippen LogP contribution in [-0.4, -0.2) is 15.0 Å². The van der Waals surface area contributed by atoms with E-state index in [1.165, 1.54) is 0 Å². The molecule has 0 aromatic rings. The summed E-state index contributed by atoms with van der Waals surface area (Å²) < 4.78 is 23.1. The van der Waals surface area contributed by atoms with Gasteiger partial charge in [-0.2, -0.15) is 8.42 Å². The summed E-state index contributed by atoms with van der Waals surface area (Å²) in [7, 11) is 1.41. The van der Waals surface area contributed by atoms with E-state index < -0.39 is 9.24 Å². The highest BCUT2D eigenvalue weighted by molar-refractivity contribution is 8.12. The third kappa shape index (κ3) is 6.59. The van der Waals surface area contributed by atoms with E-state index in [9.17, 15) is 8.42 Å². The molecule has 0 aliphatic carbocycles. The van der Waals surface area contributed by atoms with Gasteiger partial charge in [0.1, 0.15) is 0 Å². The van der Waals surface area contributed by atoms with Crippen molar-refractivity contribution < 1.29 is 8.42 Å². The van der Waals surface area contributed by atoms with Crippen molar-refractivity contribution >= 4 is 19.9 Å². The Hall–Kier alpha value is 0.200. The van der Waals surface area contributed by atoms with Crippen LogP contribution in [0.2, 0.25) is 0 Å². The van der Waals surface area contributed by atoms with Gasteiger partial charge in [0.15, 0.2) is 0 Å². The Balaban J connectivity index is 3.72. The van der Waals surface area contributed by atoms with Crippen molar-refractivity contribution in [1.29, 1.82) is 0 Å². The van der Waals surface area contributed by atoms with E-state index in [4.69, 9.17) is 10.7 Å². The molecule has 5 heteroatoms. The minimum atomic E-state index is -3.53. The van der Waals surface area contributed by atoms with Gasteiger partial charge in [0, 0.05) is 17.2 Å². The van der Waals surface area contributed by atoms with E-state index in [0.717, 1.165) is 0 Å². The quantitative estimate of drug-likeness (QED) is 0.695. The van der Waals surface area contributed by atoms with Crippen LogP contribution in [-0.2, 0) is 9.24 Å². The maximum atomic E-state index is 10.4. The van der Waals surface area contributed by atoms with Gasteiger partial charge in [-0.3, -0.25) is 0 Å². The Morgan fingerprint density at radius 2 is 1.82 bits per heavy atom. The van der Waals surface area contributed by atoms with Gasteiger partial charge in [0.05, 0.1) is 0 Å². The van der Waals surface area contributed by atoms with Crippen LogP contribution in [0.15, 0.2) is 0 Å². The highest BCUT2D eigenvalue weighted by Gasteiger charge is 2.10. The van der Waals surface area contributed by atoms with E-state index >= 15 is 0 Å². The third-order valence-electron chi connectivity index (χ3n) is 1.72. The lowest BCUT2D eigenvalue weighted by Gasteiger charge is -2.14. The van der Waals surface area contributed by atoms with Gasteiger partial charge in [-0.15, -0.1) is 0 Å². The van der Waals surface area contributed by atoms with Crippen molar-refractivity contribution in [2.75, 3.05) is 6.54 Å². The van der Waals surface area contributed by atoms with Crippen LogP contribution in [0.5, 0.6) is 0 Å².